The SMILES string of the molecule is C#CC(=O)O[N+]1(O)C(=O)CCC1=O. The lowest BCUT2D eigenvalue weighted by molar-refractivity contribution is -1.12. The number of hydroxylamine groups is 4. The monoisotopic (exact) mass is 184 g/mol. The molecule has 0 aromatic rings. The molecule has 1 saturated heterocycles. The number of carbonyl (C=O) groups is 3. The molecule has 0 atom stereocenters. The van der Waals surface area contributed by atoms with Gasteiger partial charge in [0.25, 0.3) is 0 Å². The molecule has 0 spiro atoms. The Balaban J connectivity index is 2.87. The molecule has 1 aliphatic rings. The van der Waals surface area contributed by atoms with E-state index in [1.165, 1.54) is 5.92 Å². The lowest BCUT2D eigenvalue weighted by Gasteiger charge is -2.13. The van der Waals surface area contributed by atoms with Crippen LogP contribution in [-0.2, 0) is 19.2 Å². The number of rotatable bonds is 1. The van der Waals surface area contributed by atoms with Crippen molar-refractivity contribution in [1.29, 1.82) is 0 Å². The zero-order chi connectivity index (χ0) is 10.1. The smallest absolute Gasteiger partial charge is 0.229 e. The Kier molecular flexibility index (Phi) is 2.14. The summed E-state index contributed by atoms with van der Waals surface area (Å²) in [6, 6.07) is 0. The van der Waals surface area contributed by atoms with Crippen LogP contribution >= 0.6 is 0 Å². The predicted molar refractivity (Wildman–Crippen MR) is 36.2 cm³/mol. The van der Waals surface area contributed by atoms with Crippen molar-refractivity contribution in [3.05, 3.63) is 0 Å². The summed E-state index contributed by atoms with van der Waals surface area (Å²) in [6.07, 6.45) is 4.31. The van der Waals surface area contributed by atoms with Gasteiger partial charge in [0.15, 0.2) is 0 Å². The normalized spacial score (nSPS) is 19.7. The van der Waals surface area contributed by atoms with Crippen LogP contribution in [0.15, 0.2) is 0 Å². The molecule has 0 unspecified atom stereocenters. The molecular formula is C7H6NO5+. The summed E-state index contributed by atoms with van der Waals surface area (Å²) < 4.78 is 0. The van der Waals surface area contributed by atoms with Gasteiger partial charge in [0.1, 0.15) is 4.81 Å². The van der Waals surface area contributed by atoms with E-state index in [0.717, 1.165) is 0 Å². The molecule has 1 rings (SSSR count). The molecular weight excluding hydrogens is 178 g/mol. The first-order valence-corrected chi connectivity index (χ1v) is 3.39. The van der Waals surface area contributed by atoms with Gasteiger partial charge < -0.3 is 0 Å². The average molecular weight is 184 g/mol. The highest BCUT2D eigenvalue weighted by atomic mass is 17.0. The van der Waals surface area contributed by atoms with E-state index in [9.17, 15) is 19.6 Å². The number of hydrogen-bond donors (Lipinski definition) is 1. The number of amides is 2. The van der Waals surface area contributed by atoms with Crippen LogP contribution in [0.4, 0.5) is 0 Å². The zero-order valence-corrected chi connectivity index (χ0v) is 6.52. The van der Waals surface area contributed by atoms with Gasteiger partial charge in [-0.25, -0.2) is 19.2 Å². The van der Waals surface area contributed by atoms with Crippen molar-refractivity contribution < 1.29 is 29.2 Å². The van der Waals surface area contributed by atoms with Crippen molar-refractivity contribution in [3.63, 3.8) is 0 Å². The van der Waals surface area contributed by atoms with E-state index in [2.05, 4.69) is 11.3 Å². The van der Waals surface area contributed by atoms with E-state index in [-0.39, 0.29) is 12.8 Å². The van der Waals surface area contributed by atoms with Crippen LogP contribution < -0.4 is 0 Å². The standard InChI is InChI=1S/C7H6NO5/c1-2-7(11)13-8(12)5(9)3-4-6(8)10/h1,12H,3-4H2/q+1. The Bertz CT molecular complexity index is 310. The minimum Gasteiger partial charge on any atom is -0.229 e. The van der Waals surface area contributed by atoms with Crippen molar-refractivity contribution in [1.82, 2.24) is 0 Å². The molecule has 2 amide bonds. The maximum atomic E-state index is 10.9. The molecule has 0 aromatic heterocycles. The van der Waals surface area contributed by atoms with Gasteiger partial charge in [0, 0.05) is 5.92 Å². The fraction of sp³-hybridized carbons (Fsp3) is 0.286. The third-order valence-corrected chi connectivity index (χ3v) is 1.56. The lowest BCUT2D eigenvalue weighted by atomic mass is 10.4. The second-order valence-corrected chi connectivity index (χ2v) is 2.39. The van der Waals surface area contributed by atoms with Crippen LogP contribution in [0.5, 0.6) is 0 Å². The van der Waals surface area contributed by atoms with Crippen LogP contribution in [0.3, 0.4) is 0 Å². The van der Waals surface area contributed by atoms with Gasteiger partial charge in [-0.05, 0) is 0 Å². The molecule has 0 radical (unpaired) electrons. The van der Waals surface area contributed by atoms with Gasteiger partial charge in [0.2, 0.25) is 0 Å². The van der Waals surface area contributed by atoms with E-state index in [0.29, 0.717) is 0 Å². The number of nitrogens with zero attached hydrogens (tertiary/aromatic N) is 1. The maximum Gasteiger partial charge on any atom is 0.446 e. The summed E-state index contributed by atoms with van der Waals surface area (Å²) in [7, 11) is 0. The Labute approximate surface area is 73.2 Å². The first-order chi connectivity index (χ1) is 6.00. The van der Waals surface area contributed by atoms with Crippen molar-refractivity contribution in [2.45, 2.75) is 12.8 Å². The summed E-state index contributed by atoms with van der Waals surface area (Å²) >= 11 is 0. The zero-order valence-electron chi connectivity index (χ0n) is 6.52. The van der Waals surface area contributed by atoms with E-state index in [1.807, 2.05) is 0 Å². The lowest BCUT2D eigenvalue weighted by Crippen LogP contribution is -2.50. The van der Waals surface area contributed by atoms with Crippen molar-refractivity contribution in [3.8, 4) is 12.3 Å². The number of carbonyl (C=O) groups excluding carboxylic acids is 3. The summed E-state index contributed by atoms with van der Waals surface area (Å²) in [5.41, 5.74) is 0. The molecule has 1 aliphatic heterocycles. The predicted octanol–water partition coefficient (Wildman–Crippen LogP) is -0.869. The molecule has 13 heavy (non-hydrogen) atoms. The third-order valence-electron chi connectivity index (χ3n) is 1.56. The Hall–Kier alpha value is -1.71. The molecule has 6 heteroatoms. The van der Waals surface area contributed by atoms with Gasteiger partial charge in [-0.15, -0.1) is 6.42 Å². The minimum atomic E-state index is -1.96. The largest absolute Gasteiger partial charge is 0.446 e. The molecule has 0 bridgehead atoms. The molecule has 0 aliphatic carbocycles. The van der Waals surface area contributed by atoms with E-state index >= 15 is 0 Å². The number of imide groups is 1. The van der Waals surface area contributed by atoms with Gasteiger partial charge in [-0.3, -0.25) is 0 Å². The minimum absolute atomic E-state index is 0.160. The fourth-order valence-electron chi connectivity index (χ4n) is 0.904. The van der Waals surface area contributed by atoms with Crippen molar-refractivity contribution >= 4 is 17.8 Å². The molecule has 1 heterocycles. The average Bonchev–Trinajstić information content (AvgIpc) is 2.33. The van der Waals surface area contributed by atoms with Crippen LogP contribution in [0.1, 0.15) is 12.8 Å². The highest BCUT2D eigenvalue weighted by Crippen LogP contribution is 2.20. The summed E-state index contributed by atoms with van der Waals surface area (Å²) in [4.78, 5) is 34.5. The summed E-state index contributed by atoms with van der Waals surface area (Å²) in [6.45, 7) is 0. The van der Waals surface area contributed by atoms with Crippen LogP contribution in [0.2, 0.25) is 0 Å². The third kappa shape index (κ3) is 1.42. The fourth-order valence-corrected chi connectivity index (χ4v) is 0.904. The second-order valence-electron chi connectivity index (χ2n) is 2.39. The van der Waals surface area contributed by atoms with E-state index < -0.39 is 22.6 Å². The molecule has 0 saturated carbocycles. The van der Waals surface area contributed by atoms with Crippen LogP contribution in [0.25, 0.3) is 0 Å². The number of hydrogen-bond acceptors (Lipinski definition) is 5. The topological polar surface area (TPSA) is 80.7 Å². The van der Waals surface area contributed by atoms with Gasteiger partial charge >= 0.3 is 17.8 Å². The Morgan fingerprint density at radius 1 is 1.46 bits per heavy atom. The first kappa shape index (κ1) is 9.38. The van der Waals surface area contributed by atoms with E-state index in [1.54, 1.807) is 0 Å². The Morgan fingerprint density at radius 2 is 1.92 bits per heavy atom. The summed E-state index contributed by atoms with van der Waals surface area (Å²) in [5, 5.41) is 9.23. The first-order valence-electron chi connectivity index (χ1n) is 3.39. The van der Waals surface area contributed by atoms with Gasteiger partial charge in [0.05, 0.1) is 12.8 Å². The van der Waals surface area contributed by atoms with E-state index in [4.69, 9.17) is 0 Å². The number of quaternary nitrogens is 1. The van der Waals surface area contributed by atoms with Crippen molar-refractivity contribution in [2.24, 2.45) is 0 Å². The summed E-state index contributed by atoms with van der Waals surface area (Å²) in [5.74, 6) is -1.53. The van der Waals surface area contributed by atoms with Crippen LogP contribution in [0, 0.1) is 12.3 Å². The van der Waals surface area contributed by atoms with Crippen LogP contribution in [-0.4, -0.2) is 27.8 Å². The second kappa shape index (κ2) is 2.97. The quantitative estimate of drug-likeness (QED) is 0.248. The molecule has 68 valence electrons. The highest BCUT2D eigenvalue weighted by molar-refractivity contribution is 5.93. The molecule has 1 fully saturated rings. The highest BCUT2D eigenvalue weighted by Gasteiger charge is 2.55. The molecule has 0 aromatic carbocycles. The molecule has 6 nitrogen and oxygen atoms in total. The Morgan fingerprint density at radius 3 is 2.31 bits per heavy atom. The maximum absolute atomic E-state index is 10.9. The molecule has 1 N–H and O–H groups in total. The van der Waals surface area contributed by atoms with Gasteiger partial charge in [-0.1, -0.05) is 0 Å². The van der Waals surface area contributed by atoms with Crippen molar-refractivity contribution in [2.75, 3.05) is 0 Å². The number of terminal acetylenes is 1. The van der Waals surface area contributed by atoms with Gasteiger partial charge in [-0.2, -0.15) is 5.21 Å².